The number of ether oxygens (including phenoxy) is 1. The van der Waals surface area contributed by atoms with Crippen molar-refractivity contribution in [2.45, 2.75) is 13.5 Å². The van der Waals surface area contributed by atoms with Crippen molar-refractivity contribution in [3.8, 4) is 16.9 Å². The monoisotopic (exact) mass is 401 g/mol. The van der Waals surface area contributed by atoms with Gasteiger partial charge in [0.05, 0.1) is 7.11 Å². The maximum atomic E-state index is 12.8. The standard InChI is InChI=1S/C25H23NO4/c1-17-3-5-18(6-4-17)16-26-25(29)22-14-19(7-12-24(27)28)13-21(15-22)20-8-10-23(30-2)11-9-20/h3-15H,16H2,1-2H3,(H,26,29)(H,27,28)/b12-7+. The highest BCUT2D eigenvalue weighted by atomic mass is 16.5. The number of carbonyl (C=O) groups is 2. The Balaban J connectivity index is 1.89. The van der Waals surface area contributed by atoms with Crippen LogP contribution in [-0.2, 0) is 11.3 Å². The van der Waals surface area contributed by atoms with E-state index >= 15 is 0 Å². The van der Waals surface area contributed by atoms with Gasteiger partial charge in [-0.05, 0) is 65.6 Å². The van der Waals surface area contributed by atoms with Crippen LogP contribution >= 0.6 is 0 Å². The molecule has 3 rings (SSSR count). The predicted molar refractivity (Wildman–Crippen MR) is 117 cm³/mol. The van der Waals surface area contributed by atoms with Crippen LogP contribution in [0.2, 0.25) is 0 Å². The van der Waals surface area contributed by atoms with Crippen molar-refractivity contribution < 1.29 is 19.4 Å². The first kappa shape index (κ1) is 20.9. The zero-order valence-corrected chi connectivity index (χ0v) is 16.9. The van der Waals surface area contributed by atoms with E-state index in [0.29, 0.717) is 17.7 Å². The van der Waals surface area contributed by atoms with Crippen LogP contribution in [0.25, 0.3) is 17.2 Å². The zero-order valence-electron chi connectivity index (χ0n) is 16.9. The van der Waals surface area contributed by atoms with Gasteiger partial charge >= 0.3 is 5.97 Å². The highest BCUT2D eigenvalue weighted by Crippen LogP contribution is 2.25. The maximum Gasteiger partial charge on any atom is 0.328 e. The number of carboxylic acids is 1. The lowest BCUT2D eigenvalue weighted by Gasteiger charge is -2.10. The molecule has 0 atom stereocenters. The van der Waals surface area contributed by atoms with Crippen molar-refractivity contribution in [1.82, 2.24) is 5.32 Å². The van der Waals surface area contributed by atoms with E-state index in [9.17, 15) is 9.59 Å². The SMILES string of the molecule is COc1ccc(-c2cc(/C=C/C(=O)O)cc(C(=O)NCc3ccc(C)cc3)c2)cc1. The molecule has 0 aliphatic heterocycles. The zero-order chi connectivity index (χ0) is 21.5. The minimum Gasteiger partial charge on any atom is -0.497 e. The number of methoxy groups -OCH3 is 1. The molecule has 0 fully saturated rings. The maximum absolute atomic E-state index is 12.8. The molecule has 0 radical (unpaired) electrons. The Hall–Kier alpha value is -3.86. The van der Waals surface area contributed by atoms with Gasteiger partial charge in [-0.3, -0.25) is 4.79 Å². The lowest BCUT2D eigenvalue weighted by Crippen LogP contribution is -2.22. The summed E-state index contributed by atoms with van der Waals surface area (Å²) in [6.45, 7) is 2.42. The van der Waals surface area contributed by atoms with Gasteiger partial charge in [-0.25, -0.2) is 4.79 Å². The highest BCUT2D eigenvalue weighted by Gasteiger charge is 2.10. The van der Waals surface area contributed by atoms with E-state index in [1.165, 1.54) is 6.08 Å². The molecule has 5 heteroatoms. The molecule has 0 spiro atoms. The van der Waals surface area contributed by atoms with Gasteiger partial charge < -0.3 is 15.2 Å². The fourth-order valence-electron chi connectivity index (χ4n) is 2.99. The number of amides is 1. The summed E-state index contributed by atoms with van der Waals surface area (Å²) in [5.74, 6) is -0.539. The number of nitrogens with one attached hydrogen (secondary N) is 1. The first-order valence-corrected chi connectivity index (χ1v) is 9.49. The summed E-state index contributed by atoms with van der Waals surface area (Å²) in [5, 5.41) is 11.9. The molecule has 5 nitrogen and oxygen atoms in total. The number of hydrogen-bond donors (Lipinski definition) is 2. The van der Waals surface area contributed by atoms with E-state index in [-0.39, 0.29) is 5.91 Å². The number of hydrogen-bond acceptors (Lipinski definition) is 3. The molecule has 3 aromatic carbocycles. The van der Waals surface area contributed by atoms with Crippen LogP contribution < -0.4 is 10.1 Å². The number of benzene rings is 3. The number of aryl methyl sites for hydroxylation is 1. The molecule has 0 unspecified atom stereocenters. The third-order valence-corrected chi connectivity index (χ3v) is 4.63. The molecule has 0 aromatic heterocycles. The summed E-state index contributed by atoms with van der Waals surface area (Å²) < 4.78 is 5.20. The van der Waals surface area contributed by atoms with Crippen molar-refractivity contribution in [3.63, 3.8) is 0 Å². The fourth-order valence-corrected chi connectivity index (χ4v) is 2.99. The Kier molecular flexibility index (Phi) is 6.65. The van der Waals surface area contributed by atoms with Crippen LogP contribution in [-0.4, -0.2) is 24.1 Å². The first-order valence-electron chi connectivity index (χ1n) is 9.49. The molecular formula is C25H23NO4. The third-order valence-electron chi connectivity index (χ3n) is 4.63. The number of aliphatic carboxylic acids is 1. The number of rotatable bonds is 7. The smallest absolute Gasteiger partial charge is 0.328 e. The second-order valence-electron chi connectivity index (χ2n) is 6.91. The predicted octanol–water partition coefficient (Wildman–Crippen LogP) is 4.70. The molecule has 0 bridgehead atoms. The van der Waals surface area contributed by atoms with Gasteiger partial charge in [0.25, 0.3) is 5.91 Å². The van der Waals surface area contributed by atoms with Crippen LogP contribution in [0.3, 0.4) is 0 Å². The summed E-state index contributed by atoms with van der Waals surface area (Å²) in [6.07, 6.45) is 2.53. The molecule has 0 saturated heterocycles. The Morgan fingerprint density at radius 2 is 1.67 bits per heavy atom. The van der Waals surface area contributed by atoms with Crippen molar-refractivity contribution in [2.75, 3.05) is 7.11 Å². The van der Waals surface area contributed by atoms with Crippen LogP contribution in [0.4, 0.5) is 0 Å². The van der Waals surface area contributed by atoms with E-state index in [2.05, 4.69) is 5.32 Å². The minimum absolute atomic E-state index is 0.226. The molecule has 0 aliphatic rings. The minimum atomic E-state index is -1.05. The summed E-state index contributed by atoms with van der Waals surface area (Å²) >= 11 is 0. The van der Waals surface area contributed by atoms with Crippen LogP contribution in [0, 0.1) is 6.92 Å². The topological polar surface area (TPSA) is 75.6 Å². The van der Waals surface area contributed by atoms with E-state index in [1.54, 1.807) is 19.2 Å². The van der Waals surface area contributed by atoms with Crippen LogP contribution in [0.15, 0.2) is 72.8 Å². The second-order valence-corrected chi connectivity index (χ2v) is 6.91. The van der Waals surface area contributed by atoms with Crippen molar-refractivity contribution >= 4 is 18.0 Å². The lowest BCUT2D eigenvalue weighted by molar-refractivity contribution is -0.131. The lowest BCUT2D eigenvalue weighted by atomic mass is 9.99. The fraction of sp³-hybridized carbons (Fsp3) is 0.120. The Bertz CT molecular complexity index is 1070. The summed E-state index contributed by atoms with van der Waals surface area (Å²) in [6, 6.07) is 20.7. The largest absolute Gasteiger partial charge is 0.497 e. The van der Waals surface area contributed by atoms with Crippen molar-refractivity contribution in [1.29, 1.82) is 0 Å². The Morgan fingerprint density at radius 1 is 0.967 bits per heavy atom. The average molecular weight is 401 g/mol. The Morgan fingerprint density at radius 3 is 2.30 bits per heavy atom. The molecule has 1 amide bonds. The number of carbonyl (C=O) groups excluding carboxylic acids is 1. The second kappa shape index (κ2) is 9.56. The highest BCUT2D eigenvalue weighted by molar-refractivity contribution is 5.96. The molecule has 0 heterocycles. The van der Waals surface area contributed by atoms with Gasteiger partial charge in [0, 0.05) is 18.2 Å². The van der Waals surface area contributed by atoms with E-state index in [4.69, 9.17) is 9.84 Å². The molecular weight excluding hydrogens is 378 g/mol. The van der Waals surface area contributed by atoms with Gasteiger partial charge in [-0.15, -0.1) is 0 Å². The van der Waals surface area contributed by atoms with E-state index < -0.39 is 5.97 Å². The van der Waals surface area contributed by atoms with Crippen LogP contribution in [0.5, 0.6) is 5.75 Å². The van der Waals surface area contributed by atoms with Gasteiger partial charge in [-0.2, -0.15) is 0 Å². The first-order chi connectivity index (χ1) is 14.4. The van der Waals surface area contributed by atoms with E-state index in [0.717, 1.165) is 34.1 Å². The van der Waals surface area contributed by atoms with Gasteiger partial charge in [0.2, 0.25) is 0 Å². The third kappa shape index (κ3) is 5.58. The van der Waals surface area contributed by atoms with Crippen molar-refractivity contribution in [3.05, 3.63) is 95.1 Å². The average Bonchev–Trinajstić information content (AvgIpc) is 2.77. The molecule has 0 aliphatic carbocycles. The number of carboxylic acid groups (broad SMARTS) is 1. The van der Waals surface area contributed by atoms with Gasteiger partial charge in [-0.1, -0.05) is 42.0 Å². The molecule has 152 valence electrons. The summed E-state index contributed by atoms with van der Waals surface area (Å²) in [5.41, 5.74) is 4.96. The quantitative estimate of drug-likeness (QED) is 0.563. The molecule has 3 aromatic rings. The summed E-state index contributed by atoms with van der Waals surface area (Å²) in [7, 11) is 1.60. The van der Waals surface area contributed by atoms with Gasteiger partial charge in [0.15, 0.2) is 0 Å². The van der Waals surface area contributed by atoms with Crippen molar-refractivity contribution in [2.24, 2.45) is 0 Å². The van der Waals surface area contributed by atoms with Gasteiger partial charge in [0.1, 0.15) is 5.75 Å². The molecule has 2 N–H and O–H groups in total. The molecule has 30 heavy (non-hydrogen) atoms. The summed E-state index contributed by atoms with van der Waals surface area (Å²) in [4.78, 5) is 23.7. The Labute approximate surface area is 175 Å². The van der Waals surface area contributed by atoms with Crippen LogP contribution in [0.1, 0.15) is 27.0 Å². The van der Waals surface area contributed by atoms with E-state index in [1.807, 2.05) is 61.5 Å². The normalized spacial score (nSPS) is 10.7. The molecule has 0 saturated carbocycles.